The SMILES string of the molecule is CCOC(=O)c1c(N)sc(N(CC)c2ccccc2)c1C. The van der Waals surface area contributed by atoms with Crippen molar-refractivity contribution in [1.82, 2.24) is 0 Å². The smallest absolute Gasteiger partial charge is 0.341 e. The highest BCUT2D eigenvalue weighted by Gasteiger charge is 2.23. The van der Waals surface area contributed by atoms with Gasteiger partial charge in [0, 0.05) is 17.8 Å². The Hall–Kier alpha value is -2.01. The van der Waals surface area contributed by atoms with Gasteiger partial charge < -0.3 is 15.4 Å². The quantitative estimate of drug-likeness (QED) is 0.849. The molecule has 21 heavy (non-hydrogen) atoms. The molecule has 112 valence electrons. The Morgan fingerprint density at radius 3 is 2.52 bits per heavy atom. The summed E-state index contributed by atoms with van der Waals surface area (Å²) >= 11 is 1.43. The normalized spacial score (nSPS) is 10.4. The molecular weight excluding hydrogens is 284 g/mol. The maximum atomic E-state index is 12.0. The second-order valence-corrected chi connectivity index (χ2v) is 5.60. The number of carbonyl (C=O) groups excluding carboxylic acids is 1. The molecule has 0 saturated carbocycles. The molecule has 4 nitrogen and oxygen atoms in total. The highest BCUT2D eigenvalue weighted by atomic mass is 32.1. The summed E-state index contributed by atoms with van der Waals surface area (Å²) in [4.78, 5) is 14.2. The molecule has 0 unspecified atom stereocenters. The molecule has 0 saturated heterocycles. The number of nitrogens with zero attached hydrogens (tertiary/aromatic N) is 1. The molecule has 0 aliphatic heterocycles. The number of ether oxygens (including phenoxy) is 1. The van der Waals surface area contributed by atoms with Crippen LogP contribution in [0.5, 0.6) is 0 Å². The molecule has 2 aromatic rings. The Morgan fingerprint density at radius 1 is 1.29 bits per heavy atom. The van der Waals surface area contributed by atoms with Gasteiger partial charge in [0.15, 0.2) is 0 Å². The number of anilines is 3. The topological polar surface area (TPSA) is 55.6 Å². The van der Waals surface area contributed by atoms with E-state index in [1.54, 1.807) is 6.92 Å². The fourth-order valence-corrected chi connectivity index (χ4v) is 3.44. The number of benzene rings is 1. The minimum Gasteiger partial charge on any atom is -0.462 e. The lowest BCUT2D eigenvalue weighted by Crippen LogP contribution is -2.16. The van der Waals surface area contributed by atoms with E-state index in [4.69, 9.17) is 10.5 Å². The van der Waals surface area contributed by atoms with Crippen molar-refractivity contribution in [3.05, 3.63) is 41.5 Å². The second-order valence-electron chi connectivity index (χ2n) is 4.57. The summed E-state index contributed by atoms with van der Waals surface area (Å²) in [6.07, 6.45) is 0. The lowest BCUT2D eigenvalue weighted by atomic mass is 10.2. The fourth-order valence-electron chi connectivity index (χ4n) is 2.29. The number of para-hydroxylation sites is 1. The largest absolute Gasteiger partial charge is 0.462 e. The van der Waals surface area contributed by atoms with E-state index >= 15 is 0 Å². The fraction of sp³-hybridized carbons (Fsp3) is 0.312. The van der Waals surface area contributed by atoms with Gasteiger partial charge in [-0.25, -0.2) is 4.79 Å². The first kappa shape index (κ1) is 15.4. The molecule has 1 aromatic heterocycles. The van der Waals surface area contributed by atoms with Gasteiger partial charge in [-0.2, -0.15) is 0 Å². The molecule has 1 heterocycles. The van der Waals surface area contributed by atoms with Crippen LogP contribution in [-0.2, 0) is 4.74 Å². The average molecular weight is 304 g/mol. The summed E-state index contributed by atoms with van der Waals surface area (Å²) in [7, 11) is 0. The molecule has 0 amide bonds. The molecule has 0 spiro atoms. The number of hydrogen-bond donors (Lipinski definition) is 1. The van der Waals surface area contributed by atoms with E-state index < -0.39 is 0 Å². The summed E-state index contributed by atoms with van der Waals surface area (Å²) in [5.74, 6) is -0.348. The summed E-state index contributed by atoms with van der Waals surface area (Å²) in [6.45, 7) is 6.93. The predicted octanol–water partition coefficient (Wildman–Crippen LogP) is 3.97. The number of hydrogen-bond acceptors (Lipinski definition) is 5. The van der Waals surface area contributed by atoms with Crippen molar-refractivity contribution < 1.29 is 9.53 Å². The predicted molar refractivity (Wildman–Crippen MR) is 88.5 cm³/mol. The van der Waals surface area contributed by atoms with Gasteiger partial charge in [0.1, 0.15) is 10.0 Å². The van der Waals surface area contributed by atoms with Crippen molar-refractivity contribution in [3.63, 3.8) is 0 Å². The third-order valence-electron chi connectivity index (χ3n) is 3.26. The van der Waals surface area contributed by atoms with E-state index in [0.717, 1.165) is 22.8 Å². The minimum atomic E-state index is -0.348. The van der Waals surface area contributed by atoms with Gasteiger partial charge in [0.2, 0.25) is 0 Å². The number of carbonyl (C=O) groups is 1. The molecule has 0 aliphatic carbocycles. The van der Waals surface area contributed by atoms with Crippen LogP contribution in [0.15, 0.2) is 30.3 Å². The van der Waals surface area contributed by atoms with Crippen LogP contribution < -0.4 is 10.6 Å². The molecule has 0 radical (unpaired) electrons. The van der Waals surface area contributed by atoms with Crippen molar-refractivity contribution in [2.24, 2.45) is 0 Å². The third kappa shape index (κ3) is 3.03. The van der Waals surface area contributed by atoms with Crippen LogP contribution in [0.25, 0.3) is 0 Å². The zero-order valence-electron chi connectivity index (χ0n) is 12.6. The molecule has 2 rings (SSSR count). The van der Waals surface area contributed by atoms with Gasteiger partial charge in [-0.15, -0.1) is 0 Å². The number of esters is 1. The van der Waals surface area contributed by atoms with E-state index in [-0.39, 0.29) is 5.97 Å². The summed E-state index contributed by atoms with van der Waals surface area (Å²) in [5.41, 5.74) is 8.49. The number of nitrogen functional groups attached to an aromatic ring is 1. The lowest BCUT2D eigenvalue weighted by molar-refractivity contribution is 0.0527. The Morgan fingerprint density at radius 2 is 1.95 bits per heavy atom. The van der Waals surface area contributed by atoms with Gasteiger partial charge >= 0.3 is 5.97 Å². The van der Waals surface area contributed by atoms with Gasteiger partial charge in [-0.3, -0.25) is 0 Å². The average Bonchev–Trinajstić information content (AvgIpc) is 2.76. The van der Waals surface area contributed by atoms with Crippen molar-refractivity contribution >= 4 is 33.0 Å². The third-order valence-corrected chi connectivity index (χ3v) is 4.40. The van der Waals surface area contributed by atoms with E-state index in [1.807, 2.05) is 37.3 Å². The molecule has 2 N–H and O–H groups in total. The maximum absolute atomic E-state index is 12.0. The Labute approximate surface area is 129 Å². The molecular formula is C16H20N2O2S. The standard InChI is InChI=1S/C16H20N2O2S/c1-4-18(12-9-7-6-8-10-12)15-11(3)13(14(17)21-15)16(19)20-5-2/h6-10H,4-5,17H2,1-3H3. The molecule has 5 heteroatoms. The number of rotatable bonds is 5. The van der Waals surface area contributed by atoms with Gasteiger partial charge in [-0.1, -0.05) is 29.5 Å². The number of thiophene rings is 1. The first-order valence-electron chi connectivity index (χ1n) is 6.98. The maximum Gasteiger partial charge on any atom is 0.341 e. The van der Waals surface area contributed by atoms with Crippen LogP contribution in [0, 0.1) is 6.92 Å². The van der Waals surface area contributed by atoms with Gasteiger partial charge in [-0.05, 0) is 32.9 Å². The lowest BCUT2D eigenvalue weighted by Gasteiger charge is -2.22. The summed E-state index contributed by atoms with van der Waals surface area (Å²) in [5, 5.41) is 1.50. The summed E-state index contributed by atoms with van der Waals surface area (Å²) in [6, 6.07) is 10.1. The Kier molecular flexibility index (Phi) is 4.85. The van der Waals surface area contributed by atoms with Crippen LogP contribution in [0.3, 0.4) is 0 Å². The monoisotopic (exact) mass is 304 g/mol. The zero-order chi connectivity index (χ0) is 15.4. The summed E-state index contributed by atoms with van der Waals surface area (Å²) < 4.78 is 5.09. The molecule has 0 atom stereocenters. The zero-order valence-corrected chi connectivity index (χ0v) is 13.4. The van der Waals surface area contributed by atoms with Gasteiger partial charge in [0.25, 0.3) is 0 Å². The van der Waals surface area contributed by atoms with E-state index in [0.29, 0.717) is 17.2 Å². The van der Waals surface area contributed by atoms with Crippen molar-refractivity contribution in [1.29, 1.82) is 0 Å². The second kappa shape index (κ2) is 6.63. The van der Waals surface area contributed by atoms with Gasteiger partial charge in [0.05, 0.1) is 12.2 Å². The Balaban J connectivity index is 2.44. The Bertz CT molecular complexity index is 623. The molecule has 0 fully saturated rings. The first-order chi connectivity index (χ1) is 10.1. The van der Waals surface area contributed by atoms with E-state index in [9.17, 15) is 4.79 Å². The van der Waals surface area contributed by atoms with Crippen LogP contribution in [0.4, 0.5) is 15.7 Å². The highest BCUT2D eigenvalue weighted by molar-refractivity contribution is 7.20. The molecule has 0 aliphatic rings. The van der Waals surface area contributed by atoms with Crippen LogP contribution in [0.2, 0.25) is 0 Å². The van der Waals surface area contributed by atoms with E-state index in [1.165, 1.54) is 11.3 Å². The van der Waals surface area contributed by atoms with Crippen molar-refractivity contribution in [2.45, 2.75) is 20.8 Å². The van der Waals surface area contributed by atoms with Crippen molar-refractivity contribution in [2.75, 3.05) is 23.8 Å². The molecule has 1 aromatic carbocycles. The van der Waals surface area contributed by atoms with E-state index in [2.05, 4.69) is 11.8 Å². The molecule has 0 bridgehead atoms. The highest BCUT2D eigenvalue weighted by Crippen LogP contribution is 2.40. The minimum absolute atomic E-state index is 0.346. The van der Waals surface area contributed by atoms with Crippen LogP contribution >= 0.6 is 11.3 Å². The first-order valence-corrected chi connectivity index (χ1v) is 7.80. The van der Waals surface area contributed by atoms with Crippen LogP contribution in [-0.4, -0.2) is 19.1 Å². The number of nitrogens with two attached hydrogens (primary N) is 1. The van der Waals surface area contributed by atoms with Crippen LogP contribution in [0.1, 0.15) is 29.8 Å². The van der Waals surface area contributed by atoms with Crippen molar-refractivity contribution in [3.8, 4) is 0 Å².